The molecule has 2 aromatic rings. The number of likely N-dealkylation sites (N-methyl/N-ethyl adjacent to an activating group) is 1. The van der Waals surface area contributed by atoms with Crippen molar-refractivity contribution in [1.82, 2.24) is 4.90 Å². The Labute approximate surface area is 172 Å². The molecule has 6 heteroatoms. The number of anilines is 2. The summed E-state index contributed by atoms with van der Waals surface area (Å²) in [6.07, 6.45) is 0. The summed E-state index contributed by atoms with van der Waals surface area (Å²) in [6.45, 7) is 8.62. The molecule has 0 fully saturated rings. The molecule has 154 valence electrons. The molecule has 0 radical (unpaired) electrons. The highest BCUT2D eigenvalue weighted by Crippen LogP contribution is 2.37. The van der Waals surface area contributed by atoms with Crippen molar-refractivity contribution in [2.45, 2.75) is 45.8 Å². The van der Waals surface area contributed by atoms with E-state index in [0.29, 0.717) is 18.8 Å². The number of nitrogens with one attached hydrogen (secondary N) is 1. The number of nitrogens with zero attached hydrogens (tertiary/aromatic N) is 2. The van der Waals surface area contributed by atoms with Gasteiger partial charge in [0.05, 0.1) is 24.0 Å². The number of hydrogen-bond acceptors (Lipinski definition) is 4. The lowest BCUT2D eigenvalue weighted by molar-refractivity contribution is -0.129. The zero-order chi connectivity index (χ0) is 21.2. The van der Waals surface area contributed by atoms with Crippen molar-refractivity contribution in [1.29, 1.82) is 0 Å². The molecule has 0 aliphatic carbocycles. The molecule has 0 saturated heterocycles. The Kier molecular flexibility index (Phi) is 5.94. The number of benzene rings is 2. The highest BCUT2D eigenvalue weighted by atomic mass is 16.5. The van der Waals surface area contributed by atoms with E-state index in [4.69, 9.17) is 4.74 Å². The van der Waals surface area contributed by atoms with E-state index in [9.17, 15) is 9.59 Å². The summed E-state index contributed by atoms with van der Waals surface area (Å²) in [6, 6.07) is 14.9. The number of carbonyl (C=O) groups excluding carboxylic acids is 2. The minimum Gasteiger partial charge on any atom is -0.494 e. The van der Waals surface area contributed by atoms with Crippen LogP contribution in [0.25, 0.3) is 0 Å². The van der Waals surface area contributed by atoms with Crippen molar-refractivity contribution in [3.8, 4) is 5.75 Å². The first-order valence-corrected chi connectivity index (χ1v) is 9.92. The lowest BCUT2D eigenvalue weighted by Crippen LogP contribution is -2.61. The van der Waals surface area contributed by atoms with E-state index in [1.165, 1.54) is 0 Å². The monoisotopic (exact) mass is 395 g/mol. The topological polar surface area (TPSA) is 61.9 Å². The van der Waals surface area contributed by atoms with Crippen LogP contribution in [0.3, 0.4) is 0 Å². The second-order valence-corrected chi connectivity index (χ2v) is 7.87. The third-order valence-corrected chi connectivity index (χ3v) is 5.41. The first-order valence-electron chi connectivity index (χ1n) is 9.92. The van der Waals surface area contributed by atoms with Crippen LogP contribution in [0.15, 0.2) is 48.5 Å². The largest absolute Gasteiger partial charge is 0.494 e. The van der Waals surface area contributed by atoms with Crippen LogP contribution in [0.5, 0.6) is 5.75 Å². The van der Waals surface area contributed by atoms with Crippen molar-refractivity contribution in [3.05, 3.63) is 54.1 Å². The molecule has 1 aliphatic heterocycles. The Morgan fingerprint density at radius 1 is 1.17 bits per heavy atom. The van der Waals surface area contributed by atoms with Crippen LogP contribution < -0.4 is 15.0 Å². The van der Waals surface area contributed by atoms with Crippen LogP contribution in [0.4, 0.5) is 11.4 Å². The maximum atomic E-state index is 13.5. The predicted octanol–water partition coefficient (Wildman–Crippen LogP) is 3.67. The number of ether oxygens (including phenoxy) is 1. The molecular formula is C23H29N3O3. The van der Waals surface area contributed by atoms with Gasteiger partial charge in [0.25, 0.3) is 0 Å². The van der Waals surface area contributed by atoms with E-state index in [0.717, 1.165) is 17.0 Å². The highest BCUT2D eigenvalue weighted by Gasteiger charge is 2.45. The molecular weight excluding hydrogens is 366 g/mol. The Morgan fingerprint density at radius 3 is 2.48 bits per heavy atom. The number of fused-ring (bicyclic) bond motifs is 1. The average Bonchev–Trinajstić information content (AvgIpc) is 2.69. The Bertz CT molecular complexity index is 892. The molecule has 0 spiro atoms. The second kappa shape index (κ2) is 8.25. The maximum Gasteiger partial charge on any atom is 0.250 e. The maximum absolute atomic E-state index is 13.5. The van der Waals surface area contributed by atoms with Crippen LogP contribution in [0, 0.1) is 0 Å². The molecule has 1 aliphatic rings. The normalized spacial score (nSPS) is 16.2. The van der Waals surface area contributed by atoms with E-state index in [1.54, 1.807) is 18.7 Å². The van der Waals surface area contributed by atoms with Crippen molar-refractivity contribution < 1.29 is 14.3 Å². The third kappa shape index (κ3) is 4.12. The van der Waals surface area contributed by atoms with Crippen LogP contribution in [-0.4, -0.2) is 41.9 Å². The summed E-state index contributed by atoms with van der Waals surface area (Å²) in [5.74, 6) is 0.539. The van der Waals surface area contributed by atoms with Crippen LogP contribution in [-0.2, 0) is 16.1 Å². The zero-order valence-electron chi connectivity index (χ0n) is 17.7. The summed E-state index contributed by atoms with van der Waals surface area (Å²) in [7, 11) is 1.92. The lowest BCUT2D eigenvalue weighted by Gasteiger charge is -2.44. The van der Waals surface area contributed by atoms with Crippen molar-refractivity contribution in [2.24, 2.45) is 0 Å². The van der Waals surface area contributed by atoms with E-state index in [1.807, 2.05) is 74.3 Å². The summed E-state index contributed by atoms with van der Waals surface area (Å²) >= 11 is 0. The standard InChI is InChI=1S/C23H29N3O3/c1-6-29-18-13-11-17(12-14-18)15-25(5)16(2)21(27)26-20-10-8-7-9-19(20)24-22(28)23(26,3)4/h7-14,16H,6,15H2,1-5H3,(H,24,28)/t16-/m1/s1. The Balaban J connectivity index is 1.80. The minimum absolute atomic E-state index is 0.106. The molecule has 29 heavy (non-hydrogen) atoms. The summed E-state index contributed by atoms with van der Waals surface area (Å²) < 4.78 is 5.48. The second-order valence-electron chi connectivity index (χ2n) is 7.87. The third-order valence-electron chi connectivity index (χ3n) is 5.41. The Hall–Kier alpha value is -2.86. The van der Waals surface area contributed by atoms with Gasteiger partial charge in [-0.3, -0.25) is 19.4 Å². The van der Waals surface area contributed by atoms with Crippen LogP contribution in [0.2, 0.25) is 0 Å². The van der Waals surface area contributed by atoms with Crippen LogP contribution >= 0.6 is 0 Å². The molecule has 3 rings (SSSR count). The first-order chi connectivity index (χ1) is 13.8. The minimum atomic E-state index is -0.973. The smallest absolute Gasteiger partial charge is 0.250 e. The molecule has 0 aromatic heterocycles. The average molecular weight is 396 g/mol. The van der Waals surface area contributed by atoms with E-state index >= 15 is 0 Å². The zero-order valence-corrected chi connectivity index (χ0v) is 17.7. The van der Waals surface area contributed by atoms with Gasteiger partial charge in [-0.2, -0.15) is 0 Å². The summed E-state index contributed by atoms with van der Waals surface area (Å²) in [4.78, 5) is 29.7. The fourth-order valence-corrected chi connectivity index (χ4v) is 3.50. The number of hydrogen-bond donors (Lipinski definition) is 1. The Morgan fingerprint density at radius 2 is 1.83 bits per heavy atom. The van der Waals surface area contributed by atoms with Gasteiger partial charge in [0.15, 0.2) is 0 Å². The van der Waals surface area contributed by atoms with Gasteiger partial charge in [0.1, 0.15) is 11.3 Å². The lowest BCUT2D eigenvalue weighted by atomic mass is 9.95. The number of carbonyl (C=O) groups is 2. The number of amides is 2. The molecule has 1 N–H and O–H groups in total. The highest BCUT2D eigenvalue weighted by molar-refractivity contribution is 6.15. The number of rotatable bonds is 6. The van der Waals surface area contributed by atoms with Crippen molar-refractivity contribution >= 4 is 23.2 Å². The van der Waals surface area contributed by atoms with Crippen molar-refractivity contribution in [2.75, 3.05) is 23.9 Å². The van der Waals surface area contributed by atoms with Gasteiger partial charge in [-0.25, -0.2) is 0 Å². The molecule has 6 nitrogen and oxygen atoms in total. The van der Waals surface area contributed by atoms with Gasteiger partial charge in [0, 0.05) is 6.54 Å². The fourth-order valence-electron chi connectivity index (χ4n) is 3.50. The SMILES string of the molecule is CCOc1ccc(CN(C)[C@H](C)C(=O)N2c3ccccc3NC(=O)C2(C)C)cc1. The molecule has 2 aromatic carbocycles. The first kappa shape index (κ1) is 20.9. The van der Waals surface area contributed by atoms with Crippen LogP contribution in [0.1, 0.15) is 33.3 Å². The molecule has 1 atom stereocenters. The molecule has 0 bridgehead atoms. The van der Waals surface area contributed by atoms with Crippen molar-refractivity contribution in [3.63, 3.8) is 0 Å². The fraction of sp³-hybridized carbons (Fsp3) is 0.391. The van der Waals surface area contributed by atoms with Gasteiger partial charge in [-0.15, -0.1) is 0 Å². The predicted molar refractivity (Wildman–Crippen MR) is 115 cm³/mol. The van der Waals surface area contributed by atoms with E-state index < -0.39 is 11.6 Å². The molecule has 0 unspecified atom stereocenters. The van der Waals surface area contributed by atoms with E-state index in [2.05, 4.69) is 5.32 Å². The summed E-state index contributed by atoms with van der Waals surface area (Å²) in [5, 5.41) is 2.90. The van der Waals surface area contributed by atoms with Gasteiger partial charge < -0.3 is 10.1 Å². The number of para-hydroxylation sites is 2. The quantitative estimate of drug-likeness (QED) is 0.811. The van der Waals surface area contributed by atoms with E-state index in [-0.39, 0.29) is 11.8 Å². The van der Waals surface area contributed by atoms with Gasteiger partial charge >= 0.3 is 0 Å². The summed E-state index contributed by atoms with van der Waals surface area (Å²) in [5.41, 5.74) is 1.50. The van der Waals surface area contributed by atoms with Gasteiger partial charge in [0.2, 0.25) is 11.8 Å². The van der Waals surface area contributed by atoms with Gasteiger partial charge in [-0.1, -0.05) is 24.3 Å². The molecule has 1 heterocycles. The molecule has 2 amide bonds. The van der Waals surface area contributed by atoms with Gasteiger partial charge in [-0.05, 0) is 64.6 Å². The molecule has 0 saturated carbocycles.